The maximum Gasteiger partial charge on any atom is 0.338 e. The fourth-order valence-electron chi connectivity index (χ4n) is 2.20. The maximum atomic E-state index is 11.9. The summed E-state index contributed by atoms with van der Waals surface area (Å²) in [6.45, 7) is 5.04. The first-order chi connectivity index (χ1) is 8.65. The fraction of sp³-hybridized carbons (Fsp3) is 0.500. The molecule has 2 rings (SSSR count). The minimum atomic E-state index is -0.241. The molecule has 0 N–H and O–H groups in total. The van der Waals surface area contributed by atoms with Gasteiger partial charge in [0.05, 0.1) is 5.56 Å². The lowest BCUT2D eigenvalue weighted by Crippen LogP contribution is -3.00. The van der Waals surface area contributed by atoms with Gasteiger partial charge in [-0.15, -0.1) is 0 Å². The molecule has 0 aliphatic carbocycles. The van der Waals surface area contributed by atoms with E-state index in [0.717, 1.165) is 24.1 Å². The van der Waals surface area contributed by atoms with Crippen LogP contribution in [0, 0.1) is 0 Å². The summed E-state index contributed by atoms with van der Waals surface area (Å²) in [7, 11) is 0. The highest BCUT2D eigenvalue weighted by Gasteiger charge is 2.17. The molecule has 0 radical (unpaired) electrons. The van der Waals surface area contributed by atoms with E-state index in [1.165, 1.54) is 12.8 Å². The summed E-state index contributed by atoms with van der Waals surface area (Å²) in [6.07, 6.45) is 2.46. The standard InChI is InChI=1S/C14H18BrNO2.ClH/c1-11(10-16-8-2-3-9-16)18-14(17)12-4-6-13(15)7-5-12;/h4-7,11H,2-3,8-10H2,1H3;1H/p-1. The molecule has 0 aromatic heterocycles. The number of carbonyl (C=O) groups is 1. The van der Waals surface area contributed by atoms with Gasteiger partial charge in [-0.05, 0) is 57.1 Å². The summed E-state index contributed by atoms with van der Waals surface area (Å²) >= 11 is 3.34. The van der Waals surface area contributed by atoms with Crippen molar-refractivity contribution < 1.29 is 21.9 Å². The molecular formula is C14H18BrClNO2-. The molecule has 1 aliphatic rings. The van der Waals surface area contributed by atoms with Crippen LogP contribution in [-0.2, 0) is 4.74 Å². The summed E-state index contributed by atoms with van der Waals surface area (Å²) in [5.41, 5.74) is 0.603. The van der Waals surface area contributed by atoms with Gasteiger partial charge in [0, 0.05) is 11.0 Å². The number of carbonyl (C=O) groups excluding carboxylic acids is 1. The zero-order valence-corrected chi connectivity index (χ0v) is 13.3. The van der Waals surface area contributed by atoms with E-state index in [-0.39, 0.29) is 24.5 Å². The number of benzene rings is 1. The van der Waals surface area contributed by atoms with Gasteiger partial charge in [0.25, 0.3) is 0 Å². The predicted octanol–water partition coefficient (Wildman–Crippen LogP) is 0.0942. The fourth-order valence-corrected chi connectivity index (χ4v) is 2.47. The monoisotopic (exact) mass is 346 g/mol. The van der Waals surface area contributed by atoms with Gasteiger partial charge in [-0.3, -0.25) is 4.90 Å². The molecule has 19 heavy (non-hydrogen) atoms. The number of hydrogen-bond acceptors (Lipinski definition) is 3. The third kappa shape index (κ3) is 5.13. The second-order valence-electron chi connectivity index (χ2n) is 4.73. The molecular weight excluding hydrogens is 330 g/mol. The Morgan fingerprint density at radius 1 is 1.32 bits per heavy atom. The Bertz CT molecular complexity index is 404. The zero-order chi connectivity index (χ0) is 13.0. The second-order valence-corrected chi connectivity index (χ2v) is 5.65. The first-order valence-electron chi connectivity index (χ1n) is 6.34. The summed E-state index contributed by atoms with van der Waals surface area (Å²) in [6, 6.07) is 7.24. The van der Waals surface area contributed by atoms with Crippen LogP contribution in [0.1, 0.15) is 30.1 Å². The maximum absolute atomic E-state index is 11.9. The molecule has 1 heterocycles. The molecule has 106 valence electrons. The molecule has 1 unspecified atom stereocenters. The van der Waals surface area contributed by atoms with Crippen LogP contribution >= 0.6 is 15.9 Å². The smallest absolute Gasteiger partial charge is 0.338 e. The summed E-state index contributed by atoms with van der Waals surface area (Å²) < 4.78 is 6.40. The summed E-state index contributed by atoms with van der Waals surface area (Å²) in [5.74, 6) is -0.241. The lowest BCUT2D eigenvalue weighted by molar-refractivity contribution is -0.0000394. The Kier molecular flexibility index (Phi) is 6.83. The molecule has 1 aromatic rings. The van der Waals surface area contributed by atoms with Crippen LogP contribution in [0.2, 0.25) is 0 Å². The molecule has 5 heteroatoms. The minimum absolute atomic E-state index is 0. The highest BCUT2D eigenvalue weighted by Crippen LogP contribution is 2.13. The average molecular weight is 348 g/mol. The Morgan fingerprint density at radius 3 is 2.47 bits per heavy atom. The van der Waals surface area contributed by atoms with Gasteiger partial charge < -0.3 is 17.1 Å². The van der Waals surface area contributed by atoms with E-state index in [0.29, 0.717) is 5.56 Å². The average Bonchev–Trinajstić information content (AvgIpc) is 2.82. The number of likely N-dealkylation sites (tertiary alicyclic amines) is 1. The predicted molar refractivity (Wildman–Crippen MR) is 74.7 cm³/mol. The van der Waals surface area contributed by atoms with Gasteiger partial charge in [0.2, 0.25) is 0 Å². The molecule has 0 saturated carbocycles. The number of nitrogens with zero attached hydrogens (tertiary/aromatic N) is 1. The van der Waals surface area contributed by atoms with Crippen LogP contribution in [-0.4, -0.2) is 36.6 Å². The van der Waals surface area contributed by atoms with E-state index < -0.39 is 0 Å². The van der Waals surface area contributed by atoms with Gasteiger partial charge >= 0.3 is 5.97 Å². The van der Waals surface area contributed by atoms with E-state index in [1.807, 2.05) is 19.1 Å². The first-order valence-corrected chi connectivity index (χ1v) is 7.13. The largest absolute Gasteiger partial charge is 1.00 e. The number of ether oxygens (including phenoxy) is 1. The molecule has 1 fully saturated rings. The van der Waals surface area contributed by atoms with Gasteiger partial charge in [-0.1, -0.05) is 15.9 Å². The summed E-state index contributed by atoms with van der Waals surface area (Å²) in [5, 5.41) is 0. The van der Waals surface area contributed by atoms with Crippen LogP contribution < -0.4 is 12.4 Å². The Balaban J connectivity index is 0.00000180. The molecule has 1 aromatic carbocycles. The van der Waals surface area contributed by atoms with Crippen LogP contribution in [0.4, 0.5) is 0 Å². The third-order valence-corrected chi connectivity index (χ3v) is 3.63. The normalized spacial score (nSPS) is 16.7. The van der Waals surface area contributed by atoms with E-state index in [9.17, 15) is 4.79 Å². The molecule has 0 amide bonds. The number of hydrogen-bond donors (Lipinski definition) is 0. The lowest BCUT2D eigenvalue weighted by atomic mass is 10.2. The van der Waals surface area contributed by atoms with Gasteiger partial charge in [-0.25, -0.2) is 4.79 Å². The molecule has 1 saturated heterocycles. The SMILES string of the molecule is CC(CN1CCCC1)OC(=O)c1ccc(Br)cc1.[Cl-]. The second kappa shape index (κ2) is 7.88. The van der Waals surface area contributed by atoms with Crippen LogP contribution in [0.5, 0.6) is 0 Å². The van der Waals surface area contributed by atoms with Gasteiger partial charge in [0.1, 0.15) is 6.10 Å². The van der Waals surface area contributed by atoms with E-state index in [1.54, 1.807) is 12.1 Å². The van der Waals surface area contributed by atoms with Gasteiger partial charge in [0.15, 0.2) is 0 Å². The molecule has 0 spiro atoms. The zero-order valence-electron chi connectivity index (χ0n) is 10.9. The Hall–Kier alpha value is -0.580. The quantitative estimate of drug-likeness (QED) is 0.723. The minimum Gasteiger partial charge on any atom is -1.00 e. The Labute approximate surface area is 128 Å². The van der Waals surface area contributed by atoms with E-state index in [2.05, 4.69) is 20.8 Å². The molecule has 3 nitrogen and oxygen atoms in total. The van der Waals surface area contributed by atoms with Crippen molar-refractivity contribution in [2.75, 3.05) is 19.6 Å². The van der Waals surface area contributed by atoms with Crippen molar-refractivity contribution >= 4 is 21.9 Å². The van der Waals surface area contributed by atoms with Crippen molar-refractivity contribution in [3.63, 3.8) is 0 Å². The van der Waals surface area contributed by atoms with E-state index >= 15 is 0 Å². The van der Waals surface area contributed by atoms with Crippen molar-refractivity contribution in [1.82, 2.24) is 4.90 Å². The summed E-state index contributed by atoms with van der Waals surface area (Å²) in [4.78, 5) is 14.2. The van der Waals surface area contributed by atoms with Crippen molar-refractivity contribution in [3.05, 3.63) is 34.3 Å². The van der Waals surface area contributed by atoms with Crippen molar-refractivity contribution in [2.45, 2.75) is 25.9 Å². The number of halogens is 2. The van der Waals surface area contributed by atoms with Crippen molar-refractivity contribution in [3.8, 4) is 0 Å². The number of esters is 1. The number of rotatable bonds is 4. The Morgan fingerprint density at radius 2 is 1.89 bits per heavy atom. The third-order valence-electron chi connectivity index (χ3n) is 3.10. The van der Waals surface area contributed by atoms with Crippen LogP contribution in [0.15, 0.2) is 28.7 Å². The molecule has 1 atom stereocenters. The van der Waals surface area contributed by atoms with Gasteiger partial charge in [-0.2, -0.15) is 0 Å². The first kappa shape index (κ1) is 16.5. The molecule has 1 aliphatic heterocycles. The lowest BCUT2D eigenvalue weighted by Gasteiger charge is -2.20. The highest BCUT2D eigenvalue weighted by atomic mass is 79.9. The molecule has 0 bridgehead atoms. The van der Waals surface area contributed by atoms with Crippen molar-refractivity contribution in [1.29, 1.82) is 0 Å². The van der Waals surface area contributed by atoms with Crippen LogP contribution in [0.3, 0.4) is 0 Å². The van der Waals surface area contributed by atoms with Crippen molar-refractivity contribution in [2.24, 2.45) is 0 Å². The van der Waals surface area contributed by atoms with Crippen LogP contribution in [0.25, 0.3) is 0 Å². The highest BCUT2D eigenvalue weighted by molar-refractivity contribution is 9.10. The topological polar surface area (TPSA) is 29.5 Å². The van der Waals surface area contributed by atoms with E-state index in [4.69, 9.17) is 4.74 Å².